The highest BCUT2D eigenvalue weighted by atomic mass is 16.6. The Hall–Kier alpha value is -2.86. The quantitative estimate of drug-likeness (QED) is 0.510. The second-order valence-corrected chi connectivity index (χ2v) is 9.06. The molecule has 0 bridgehead atoms. The fourth-order valence-electron chi connectivity index (χ4n) is 3.99. The summed E-state index contributed by atoms with van der Waals surface area (Å²) < 4.78 is 17.1. The molecule has 0 aromatic heterocycles. The third kappa shape index (κ3) is 5.07. The number of carbonyl (C=O) groups is 2. The van der Waals surface area contributed by atoms with Crippen molar-refractivity contribution in [1.82, 2.24) is 4.90 Å². The Morgan fingerprint density at radius 1 is 1.00 bits per heavy atom. The van der Waals surface area contributed by atoms with Crippen molar-refractivity contribution in [2.24, 2.45) is 0 Å². The Labute approximate surface area is 183 Å². The van der Waals surface area contributed by atoms with Crippen LogP contribution in [0.25, 0.3) is 0 Å². The number of epoxide rings is 1. The van der Waals surface area contributed by atoms with Crippen LogP contribution in [0.5, 0.6) is 0 Å². The highest BCUT2D eigenvalue weighted by Gasteiger charge is 2.49. The monoisotopic (exact) mass is 423 g/mol. The lowest BCUT2D eigenvalue weighted by atomic mass is 9.90. The Bertz CT molecular complexity index is 905. The van der Waals surface area contributed by atoms with Crippen LogP contribution in [0.3, 0.4) is 0 Å². The molecule has 0 aliphatic carbocycles. The van der Waals surface area contributed by atoms with Gasteiger partial charge in [0.1, 0.15) is 17.7 Å². The summed E-state index contributed by atoms with van der Waals surface area (Å²) >= 11 is 0. The summed E-state index contributed by atoms with van der Waals surface area (Å²) in [7, 11) is 0. The molecule has 31 heavy (non-hydrogen) atoms. The highest BCUT2D eigenvalue weighted by Crippen LogP contribution is 2.43. The normalized spacial score (nSPS) is 25.6. The van der Waals surface area contributed by atoms with Gasteiger partial charge in [-0.25, -0.2) is 9.59 Å². The first-order valence-electron chi connectivity index (χ1n) is 10.8. The van der Waals surface area contributed by atoms with Crippen LogP contribution in [0, 0.1) is 0 Å². The van der Waals surface area contributed by atoms with E-state index in [0.29, 0.717) is 19.4 Å². The van der Waals surface area contributed by atoms with E-state index < -0.39 is 35.9 Å². The molecule has 4 rings (SSSR count). The number of carbonyl (C=O) groups excluding carboxylic acids is 2. The molecule has 6 nitrogen and oxygen atoms in total. The van der Waals surface area contributed by atoms with Gasteiger partial charge in [-0.1, -0.05) is 60.7 Å². The summed E-state index contributed by atoms with van der Waals surface area (Å²) in [5.41, 5.74) is 1.04. The molecular formula is C25H29NO5. The predicted octanol–water partition coefficient (Wildman–Crippen LogP) is 4.81. The van der Waals surface area contributed by atoms with E-state index in [-0.39, 0.29) is 6.10 Å². The molecule has 0 radical (unpaired) electrons. The number of rotatable bonds is 5. The van der Waals surface area contributed by atoms with E-state index in [2.05, 4.69) is 0 Å². The van der Waals surface area contributed by atoms with Crippen LogP contribution in [0.15, 0.2) is 60.7 Å². The molecule has 4 atom stereocenters. The number of esters is 1. The molecule has 6 heteroatoms. The molecule has 1 unspecified atom stereocenters. The highest BCUT2D eigenvalue weighted by molar-refractivity contribution is 5.83. The third-order valence-corrected chi connectivity index (χ3v) is 5.48. The number of amides is 1. The van der Waals surface area contributed by atoms with E-state index >= 15 is 0 Å². The third-order valence-electron chi connectivity index (χ3n) is 5.48. The summed E-state index contributed by atoms with van der Waals surface area (Å²) in [5.74, 6) is -0.410. The van der Waals surface area contributed by atoms with E-state index in [1.54, 1.807) is 4.90 Å². The van der Waals surface area contributed by atoms with Crippen LogP contribution in [-0.4, -0.2) is 41.3 Å². The van der Waals surface area contributed by atoms with E-state index in [4.69, 9.17) is 14.2 Å². The average Bonchev–Trinajstić information content (AvgIpc) is 3.56. The standard InChI is InChI=1S/C25H29NO5/c1-25(2,3)31-24(28)26-20(15-14-19-16-29-19)23(27)30-22(18-12-8-5-9-13-18)21(26)17-10-6-4-7-11-17/h4-13,19-22H,14-16H2,1-3H3/t19?,20-,21-,22+/m0/s1. The van der Waals surface area contributed by atoms with Gasteiger partial charge in [-0.15, -0.1) is 0 Å². The lowest BCUT2D eigenvalue weighted by molar-refractivity contribution is -0.174. The van der Waals surface area contributed by atoms with Crippen LogP contribution in [0.2, 0.25) is 0 Å². The molecule has 2 aromatic carbocycles. The Morgan fingerprint density at radius 3 is 2.13 bits per heavy atom. The summed E-state index contributed by atoms with van der Waals surface area (Å²) in [5, 5.41) is 0. The Kier molecular flexibility index (Phi) is 6.01. The van der Waals surface area contributed by atoms with Crippen molar-refractivity contribution in [1.29, 1.82) is 0 Å². The number of nitrogens with zero attached hydrogens (tertiary/aromatic N) is 1. The first-order chi connectivity index (χ1) is 14.8. The number of ether oxygens (including phenoxy) is 3. The molecule has 164 valence electrons. The first kappa shape index (κ1) is 21.4. The summed E-state index contributed by atoms with van der Waals surface area (Å²) in [6.45, 7) is 6.17. The van der Waals surface area contributed by atoms with Gasteiger partial charge in [-0.2, -0.15) is 0 Å². The molecular weight excluding hydrogens is 394 g/mol. The van der Waals surface area contributed by atoms with E-state index in [0.717, 1.165) is 11.1 Å². The Balaban J connectivity index is 1.77. The zero-order valence-corrected chi connectivity index (χ0v) is 18.2. The molecule has 2 heterocycles. The second-order valence-electron chi connectivity index (χ2n) is 9.06. The van der Waals surface area contributed by atoms with Crippen molar-refractivity contribution in [3.8, 4) is 0 Å². The predicted molar refractivity (Wildman–Crippen MR) is 115 cm³/mol. The van der Waals surface area contributed by atoms with Crippen LogP contribution in [-0.2, 0) is 19.0 Å². The fourth-order valence-corrected chi connectivity index (χ4v) is 3.99. The molecule has 2 fully saturated rings. The molecule has 0 spiro atoms. The van der Waals surface area contributed by atoms with Gasteiger partial charge in [0.05, 0.1) is 12.7 Å². The van der Waals surface area contributed by atoms with Crippen molar-refractivity contribution >= 4 is 12.1 Å². The maximum absolute atomic E-state index is 13.5. The molecule has 0 N–H and O–H groups in total. The smallest absolute Gasteiger partial charge is 0.411 e. The van der Waals surface area contributed by atoms with Crippen molar-refractivity contribution in [3.63, 3.8) is 0 Å². The number of hydrogen-bond acceptors (Lipinski definition) is 5. The molecule has 2 aromatic rings. The van der Waals surface area contributed by atoms with Gasteiger partial charge in [0.2, 0.25) is 0 Å². The number of cyclic esters (lactones) is 1. The zero-order valence-electron chi connectivity index (χ0n) is 18.2. The van der Waals surface area contributed by atoms with E-state index in [9.17, 15) is 9.59 Å². The van der Waals surface area contributed by atoms with Crippen molar-refractivity contribution < 1.29 is 23.8 Å². The Morgan fingerprint density at radius 2 is 1.58 bits per heavy atom. The molecule has 2 aliphatic heterocycles. The number of benzene rings is 2. The maximum Gasteiger partial charge on any atom is 0.411 e. The minimum atomic E-state index is -0.732. The largest absolute Gasteiger partial charge is 0.453 e. The van der Waals surface area contributed by atoms with Gasteiger partial charge < -0.3 is 14.2 Å². The van der Waals surface area contributed by atoms with Crippen LogP contribution in [0.1, 0.15) is 56.9 Å². The molecule has 2 aliphatic rings. The van der Waals surface area contributed by atoms with Crippen LogP contribution >= 0.6 is 0 Å². The molecule has 1 amide bonds. The molecule has 0 saturated carbocycles. The topological polar surface area (TPSA) is 68.4 Å². The number of hydrogen-bond donors (Lipinski definition) is 0. The van der Waals surface area contributed by atoms with Crippen molar-refractivity contribution in [3.05, 3.63) is 71.8 Å². The number of morpholine rings is 1. The van der Waals surface area contributed by atoms with Gasteiger partial charge in [0.25, 0.3) is 0 Å². The second kappa shape index (κ2) is 8.71. The summed E-state index contributed by atoms with van der Waals surface area (Å²) in [6.07, 6.45) is 0.164. The lowest BCUT2D eigenvalue weighted by Crippen LogP contribution is -2.55. The van der Waals surface area contributed by atoms with Crippen LogP contribution in [0.4, 0.5) is 4.79 Å². The molecule has 2 saturated heterocycles. The summed E-state index contributed by atoms with van der Waals surface area (Å²) in [4.78, 5) is 28.2. The first-order valence-corrected chi connectivity index (χ1v) is 10.8. The van der Waals surface area contributed by atoms with Crippen molar-refractivity contribution in [2.75, 3.05) is 6.61 Å². The van der Waals surface area contributed by atoms with Crippen molar-refractivity contribution in [2.45, 2.75) is 63.5 Å². The lowest BCUT2D eigenvalue weighted by Gasteiger charge is -2.45. The van der Waals surface area contributed by atoms with Gasteiger partial charge in [-0.05, 0) is 44.7 Å². The van der Waals surface area contributed by atoms with E-state index in [1.165, 1.54) is 0 Å². The SMILES string of the molecule is CC(C)(C)OC(=O)N1[C@@H](CCC2CO2)C(=O)O[C@H](c2ccccc2)[C@@H]1c1ccccc1. The average molecular weight is 424 g/mol. The minimum Gasteiger partial charge on any atom is -0.453 e. The van der Waals surface area contributed by atoms with E-state index in [1.807, 2.05) is 81.4 Å². The minimum absolute atomic E-state index is 0.148. The summed E-state index contributed by atoms with van der Waals surface area (Å²) in [6, 6.07) is 18.0. The fraction of sp³-hybridized carbons (Fsp3) is 0.440. The maximum atomic E-state index is 13.5. The van der Waals surface area contributed by atoms with Gasteiger partial charge >= 0.3 is 12.1 Å². The van der Waals surface area contributed by atoms with Crippen LogP contribution < -0.4 is 0 Å². The van der Waals surface area contributed by atoms with Gasteiger partial charge in [-0.3, -0.25) is 4.90 Å². The van der Waals surface area contributed by atoms with Gasteiger partial charge in [0.15, 0.2) is 6.10 Å². The van der Waals surface area contributed by atoms with Gasteiger partial charge in [0, 0.05) is 0 Å². The zero-order chi connectivity index (χ0) is 22.0.